The summed E-state index contributed by atoms with van der Waals surface area (Å²) in [7, 11) is 4.04. The fourth-order valence-corrected chi connectivity index (χ4v) is 3.52. The van der Waals surface area contributed by atoms with Crippen LogP contribution in [0.5, 0.6) is 0 Å². The molecule has 8 nitrogen and oxygen atoms in total. The number of sulfone groups is 1. The Morgan fingerprint density at radius 2 is 1.68 bits per heavy atom. The minimum Gasteiger partial charge on any atom is -0.361 e. The van der Waals surface area contributed by atoms with Crippen molar-refractivity contribution in [3.8, 4) is 0 Å². The number of carbonyl (C=O) groups excluding carboxylic acids is 1. The lowest BCUT2D eigenvalue weighted by molar-refractivity contribution is -0.115. The van der Waals surface area contributed by atoms with Crippen LogP contribution in [-0.2, 0) is 21.1 Å². The predicted octanol–water partition coefficient (Wildman–Crippen LogP) is 1.97. The molecule has 9 heteroatoms. The zero-order chi connectivity index (χ0) is 21.1. The second kappa shape index (κ2) is 8.55. The molecule has 0 bridgehead atoms. The number of anilines is 3. The first-order valence-corrected chi connectivity index (χ1v) is 10.4. The molecule has 1 heterocycles. The van der Waals surface area contributed by atoms with Gasteiger partial charge >= 0.3 is 0 Å². The van der Waals surface area contributed by atoms with Gasteiger partial charge in [-0.2, -0.15) is 4.98 Å². The average Bonchev–Trinajstić information content (AvgIpc) is 2.61. The minimum absolute atomic E-state index is 0.115. The zero-order valence-electron chi connectivity index (χ0n) is 17.1. The van der Waals surface area contributed by atoms with E-state index in [-0.39, 0.29) is 17.2 Å². The van der Waals surface area contributed by atoms with Crippen molar-refractivity contribution in [2.24, 2.45) is 0 Å². The molecule has 152 valence electrons. The third-order valence-electron chi connectivity index (χ3n) is 4.09. The first kappa shape index (κ1) is 21.6. The van der Waals surface area contributed by atoms with Gasteiger partial charge in [-0.25, -0.2) is 13.4 Å². The Kier molecular flexibility index (Phi) is 6.60. The van der Waals surface area contributed by atoms with Gasteiger partial charge in [0.2, 0.25) is 11.9 Å². The van der Waals surface area contributed by atoms with E-state index in [2.05, 4.69) is 15.3 Å². The summed E-state index contributed by atoms with van der Waals surface area (Å²) in [5.74, 6) is 0.915. The van der Waals surface area contributed by atoms with E-state index in [9.17, 15) is 13.2 Å². The van der Waals surface area contributed by atoms with Gasteiger partial charge in [0.15, 0.2) is 15.7 Å². The molecule has 0 radical (unpaired) electrons. The summed E-state index contributed by atoms with van der Waals surface area (Å²) in [6, 6.07) is 6.40. The van der Waals surface area contributed by atoms with Gasteiger partial charge in [0.1, 0.15) is 5.69 Å². The van der Waals surface area contributed by atoms with Crippen molar-refractivity contribution in [1.82, 2.24) is 9.97 Å². The number of nitrogens with one attached hydrogen (secondary N) is 1. The average molecular weight is 406 g/mol. The first-order chi connectivity index (χ1) is 13.0. The summed E-state index contributed by atoms with van der Waals surface area (Å²) in [5, 5.41) is 2.34. The van der Waals surface area contributed by atoms with Crippen LogP contribution in [0.4, 0.5) is 17.5 Å². The normalized spacial score (nSPS) is 11.4. The van der Waals surface area contributed by atoms with Crippen molar-refractivity contribution in [3.63, 3.8) is 0 Å². The van der Waals surface area contributed by atoms with Gasteiger partial charge in [0.05, 0.1) is 22.8 Å². The highest BCUT2D eigenvalue weighted by atomic mass is 32.2. The molecule has 0 atom stereocenters. The molecule has 0 aliphatic rings. The van der Waals surface area contributed by atoms with Crippen molar-refractivity contribution in [2.75, 3.05) is 43.3 Å². The van der Waals surface area contributed by atoms with Crippen LogP contribution in [0.15, 0.2) is 35.4 Å². The summed E-state index contributed by atoms with van der Waals surface area (Å²) in [5.41, 5.74) is 1.23. The van der Waals surface area contributed by atoms with E-state index in [1.54, 1.807) is 42.0 Å². The third-order valence-corrected chi connectivity index (χ3v) is 6.26. The van der Waals surface area contributed by atoms with Gasteiger partial charge in [0, 0.05) is 28.2 Å². The Labute approximate surface area is 166 Å². The fourth-order valence-electron chi connectivity index (χ4n) is 2.46. The molecule has 28 heavy (non-hydrogen) atoms. The highest BCUT2D eigenvalue weighted by Gasteiger charge is 2.19. The van der Waals surface area contributed by atoms with Gasteiger partial charge in [-0.15, -0.1) is 0 Å². The summed E-state index contributed by atoms with van der Waals surface area (Å²) in [4.78, 5) is 25.0. The van der Waals surface area contributed by atoms with Crippen LogP contribution in [0.3, 0.4) is 0 Å². The van der Waals surface area contributed by atoms with E-state index in [1.807, 2.05) is 28.2 Å². The van der Waals surface area contributed by atoms with Gasteiger partial charge < -0.3 is 15.1 Å². The minimum atomic E-state index is -3.32. The Hall–Kier alpha value is -2.68. The number of aromatic nitrogens is 2. The Balaban J connectivity index is 2.14. The van der Waals surface area contributed by atoms with E-state index < -0.39 is 15.1 Å². The number of amides is 1. The molecule has 1 amide bonds. The SMILES string of the molecule is CC(C)S(=O)(=O)c1ccc(CC(=O)Nc2cnc(N(C)C)nc2N(C)C)cc1. The van der Waals surface area contributed by atoms with E-state index in [4.69, 9.17) is 0 Å². The van der Waals surface area contributed by atoms with Crippen molar-refractivity contribution in [1.29, 1.82) is 0 Å². The predicted molar refractivity (Wildman–Crippen MR) is 112 cm³/mol. The van der Waals surface area contributed by atoms with Gasteiger partial charge in [-0.05, 0) is 31.5 Å². The van der Waals surface area contributed by atoms with Gasteiger partial charge in [-0.3, -0.25) is 4.79 Å². The molecular formula is C19H27N5O3S. The Morgan fingerprint density at radius 3 is 2.18 bits per heavy atom. The number of nitrogens with zero attached hydrogens (tertiary/aromatic N) is 4. The molecule has 2 rings (SSSR count). The van der Waals surface area contributed by atoms with Crippen molar-refractivity contribution >= 4 is 33.2 Å². The first-order valence-electron chi connectivity index (χ1n) is 8.86. The Bertz CT molecular complexity index is 939. The summed E-state index contributed by atoms with van der Waals surface area (Å²) >= 11 is 0. The largest absolute Gasteiger partial charge is 0.361 e. The molecular weight excluding hydrogens is 378 g/mol. The molecule has 1 aromatic carbocycles. The van der Waals surface area contributed by atoms with Crippen LogP contribution in [-0.4, -0.2) is 57.7 Å². The molecule has 1 N–H and O–H groups in total. The van der Waals surface area contributed by atoms with Crippen molar-refractivity contribution < 1.29 is 13.2 Å². The van der Waals surface area contributed by atoms with E-state index in [0.29, 0.717) is 17.5 Å². The fraction of sp³-hybridized carbons (Fsp3) is 0.421. The molecule has 2 aromatic rings. The maximum Gasteiger partial charge on any atom is 0.228 e. The molecule has 0 aliphatic heterocycles. The monoisotopic (exact) mass is 405 g/mol. The van der Waals surface area contributed by atoms with Crippen LogP contribution in [0.1, 0.15) is 19.4 Å². The lowest BCUT2D eigenvalue weighted by Gasteiger charge is -2.19. The topological polar surface area (TPSA) is 95.5 Å². The standard InChI is InChI=1S/C19H27N5O3S/c1-13(2)28(26,27)15-9-7-14(8-10-15)11-17(25)21-16-12-20-19(24(5)6)22-18(16)23(3)4/h7-10,12-13H,11H2,1-6H3,(H,21,25). The Morgan fingerprint density at radius 1 is 1.07 bits per heavy atom. The third kappa shape index (κ3) is 4.98. The maximum atomic E-state index is 12.5. The number of carbonyl (C=O) groups is 1. The molecule has 0 fully saturated rings. The van der Waals surface area contributed by atoms with Crippen LogP contribution < -0.4 is 15.1 Å². The molecule has 0 unspecified atom stereocenters. The van der Waals surface area contributed by atoms with Crippen molar-refractivity contribution in [3.05, 3.63) is 36.0 Å². The number of rotatable bonds is 7. The second-order valence-corrected chi connectivity index (χ2v) is 9.66. The molecule has 0 spiro atoms. The van der Waals surface area contributed by atoms with Crippen LogP contribution in [0, 0.1) is 0 Å². The highest BCUT2D eigenvalue weighted by Crippen LogP contribution is 2.23. The van der Waals surface area contributed by atoms with Crippen molar-refractivity contribution in [2.45, 2.75) is 30.4 Å². The van der Waals surface area contributed by atoms with Crippen LogP contribution >= 0.6 is 0 Å². The maximum absolute atomic E-state index is 12.5. The molecule has 1 aromatic heterocycles. The van der Waals surface area contributed by atoms with E-state index in [1.165, 1.54) is 12.1 Å². The summed E-state index contributed by atoms with van der Waals surface area (Å²) in [6.07, 6.45) is 1.69. The lowest BCUT2D eigenvalue weighted by atomic mass is 10.1. The quantitative estimate of drug-likeness (QED) is 0.752. The van der Waals surface area contributed by atoms with Gasteiger partial charge in [-0.1, -0.05) is 12.1 Å². The lowest BCUT2D eigenvalue weighted by Crippen LogP contribution is -2.21. The van der Waals surface area contributed by atoms with Gasteiger partial charge in [0.25, 0.3) is 0 Å². The summed E-state index contributed by atoms with van der Waals surface area (Å²) in [6.45, 7) is 3.28. The van der Waals surface area contributed by atoms with Crippen LogP contribution in [0.25, 0.3) is 0 Å². The zero-order valence-corrected chi connectivity index (χ0v) is 17.9. The van der Waals surface area contributed by atoms with E-state index in [0.717, 1.165) is 5.56 Å². The van der Waals surface area contributed by atoms with E-state index >= 15 is 0 Å². The second-order valence-electron chi connectivity index (χ2n) is 7.16. The number of benzene rings is 1. The highest BCUT2D eigenvalue weighted by molar-refractivity contribution is 7.92. The molecule has 0 aliphatic carbocycles. The van der Waals surface area contributed by atoms with Crippen LogP contribution in [0.2, 0.25) is 0 Å². The number of hydrogen-bond acceptors (Lipinski definition) is 7. The smallest absolute Gasteiger partial charge is 0.228 e. The summed E-state index contributed by atoms with van der Waals surface area (Å²) < 4.78 is 24.4. The number of hydrogen-bond donors (Lipinski definition) is 1. The molecule has 0 saturated carbocycles. The molecule has 0 saturated heterocycles.